The second kappa shape index (κ2) is 12.8. The number of aliphatic hydroxyl groups is 1. The SMILES string of the molecule is CCOC(=O)c1ccccc1-c1ccnc(C(=O)NC(Cc2ccccc2Cl)C(O)C(=O)OCC)c1. The van der Waals surface area contributed by atoms with Gasteiger partial charge in [0, 0.05) is 11.2 Å². The second-order valence-electron chi connectivity index (χ2n) is 7.77. The predicted octanol–water partition coefficient (Wildman–Crippen LogP) is 3.84. The lowest BCUT2D eigenvalue weighted by Gasteiger charge is -2.23. The van der Waals surface area contributed by atoms with Crippen molar-refractivity contribution in [3.05, 3.63) is 88.7 Å². The van der Waals surface area contributed by atoms with Gasteiger partial charge in [0.2, 0.25) is 0 Å². The fraction of sp³-hybridized carbons (Fsp3) is 0.259. The fourth-order valence-corrected chi connectivity index (χ4v) is 3.83. The standard InChI is InChI=1S/C27H27ClN2O6/c1-3-35-26(33)20-11-7-6-10-19(20)17-13-14-29-23(15-17)25(32)30-22(24(31)27(34)36-4-2)16-18-9-5-8-12-21(18)28/h5-15,22,24,31H,3-4,16H2,1-2H3,(H,30,32). The number of aromatic nitrogens is 1. The minimum absolute atomic E-state index is 0.0337. The number of halogens is 1. The van der Waals surface area contributed by atoms with E-state index in [1.165, 1.54) is 12.3 Å². The van der Waals surface area contributed by atoms with Crippen LogP contribution in [0.3, 0.4) is 0 Å². The smallest absolute Gasteiger partial charge is 0.338 e. The van der Waals surface area contributed by atoms with Crippen molar-refractivity contribution < 1.29 is 29.0 Å². The average Bonchev–Trinajstić information content (AvgIpc) is 2.89. The minimum Gasteiger partial charge on any atom is -0.464 e. The highest BCUT2D eigenvalue weighted by Gasteiger charge is 2.30. The van der Waals surface area contributed by atoms with Crippen molar-refractivity contribution in [2.75, 3.05) is 13.2 Å². The lowest BCUT2D eigenvalue weighted by atomic mass is 9.99. The minimum atomic E-state index is -1.63. The molecule has 1 aromatic heterocycles. The van der Waals surface area contributed by atoms with Gasteiger partial charge in [0.05, 0.1) is 24.8 Å². The van der Waals surface area contributed by atoms with Crippen LogP contribution in [0, 0.1) is 0 Å². The first-order chi connectivity index (χ1) is 17.3. The molecule has 8 nitrogen and oxygen atoms in total. The van der Waals surface area contributed by atoms with Gasteiger partial charge in [-0.05, 0) is 61.2 Å². The molecule has 0 spiro atoms. The molecule has 2 N–H and O–H groups in total. The zero-order valence-electron chi connectivity index (χ0n) is 19.9. The van der Waals surface area contributed by atoms with Crippen LogP contribution in [-0.4, -0.2) is 53.3 Å². The molecule has 0 saturated carbocycles. The predicted molar refractivity (Wildman–Crippen MR) is 135 cm³/mol. The van der Waals surface area contributed by atoms with Crippen molar-refractivity contribution in [1.29, 1.82) is 0 Å². The van der Waals surface area contributed by atoms with Crippen LogP contribution in [0.25, 0.3) is 11.1 Å². The summed E-state index contributed by atoms with van der Waals surface area (Å²) in [6.07, 6.45) is -0.105. The van der Waals surface area contributed by atoms with Gasteiger partial charge in [0.1, 0.15) is 5.69 Å². The van der Waals surface area contributed by atoms with Crippen LogP contribution in [0.2, 0.25) is 5.02 Å². The second-order valence-corrected chi connectivity index (χ2v) is 8.18. The summed E-state index contributed by atoms with van der Waals surface area (Å²) >= 11 is 6.26. The van der Waals surface area contributed by atoms with Crippen LogP contribution in [0.4, 0.5) is 0 Å². The van der Waals surface area contributed by atoms with Crippen LogP contribution < -0.4 is 5.32 Å². The molecule has 0 fully saturated rings. The van der Waals surface area contributed by atoms with E-state index >= 15 is 0 Å². The summed E-state index contributed by atoms with van der Waals surface area (Å²) in [6.45, 7) is 3.65. The quantitative estimate of drug-likeness (QED) is 0.398. The number of rotatable bonds is 10. The van der Waals surface area contributed by atoms with Gasteiger partial charge in [-0.3, -0.25) is 9.78 Å². The molecule has 9 heteroatoms. The third kappa shape index (κ3) is 6.68. The van der Waals surface area contributed by atoms with Crippen molar-refractivity contribution in [2.24, 2.45) is 0 Å². The summed E-state index contributed by atoms with van der Waals surface area (Å²) in [6, 6.07) is 16.0. The average molecular weight is 511 g/mol. The molecule has 188 valence electrons. The summed E-state index contributed by atoms with van der Waals surface area (Å²) in [4.78, 5) is 42.0. The molecular weight excluding hydrogens is 484 g/mol. The van der Waals surface area contributed by atoms with Crippen molar-refractivity contribution in [3.63, 3.8) is 0 Å². The number of nitrogens with one attached hydrogen (secondary N) is 1. The number of ether oxygens (including phenoxy) is 2. The van der Waals surface area contributed by atoms with Crippen molar-refractivity contribution in [1.82, 2.24) is 10.3 Å². The molecule has 0 aliphatic heterocycles. The summed E-state index contributed by atoms with van der Waals surface area (Å²) in [5, 5.41) is 13.7. The molecule has 2 unspecified atom stereocenters. The fourth-order valence-electron chi connectivity index (χ4n) is 3.62. The Bertz CT molecular complexity index is 1230. The molecule has 0 saturated heterocycles. The molecule has 0 bridgehead atoms. The van der Waals surface area contributed by atoms with Crippen molar-refractivity contribution >= 4 is 29.4 Å². The molecule has 3 rings (SSSR count). The third-order valence-electron chi connectivity index (χ3n) is 5.35. The Morgan fingerprint density at radius 1 is 1.00 bits per heavy atom. The lowest BCUT2D eigenvalue weighted by molar-refractivity contribution is -0.154. The molecule has 2 aromatic carbocycles. The van der Waals surface area contributed by atoms with E-state index in [-0.39, 0.29) is 25.3 Å². The summed E-state index contributed by atoms with van der Waals surface area (Å²) in [5.74, 6) is -1.96. The van der Waals surface area contributed by atoms with E-state index in [9.17, 15) is 19.5 Å². The monoisotopic (exact) mass is 510 g/mol. The largest absolute Gasteiger partial charge is 0.464 e. The van der Waals surface area contributed by atoms with Crippen molar-refractivity contribution in [2.45, 2.75) is 32.4 Å². The third-order valence-corrected chi connectivity index (χ3v) is 5.72. The first kappa shape index (κ1) is 26.8. The highest BCUT2D eigenvalue weighted by Crippen LogP contribution is 2.25. The van der Waals surface area contributed by atoms with Crippen molar-refractivity contribution in [3.8, 4) is 11.1 Å². The van der Waals surface area contributed by atoms with E-state index in [0.29, 0.717) is 27.3 Å². The number of benzene rings is 2. The number of carbonyl (C=O) groups excluding carboxylic acids is 3. The van der Waals surface area contributed by atoms with E-state index in [4.69, 9.17) is 21.1 Å². The Morgan fingerprint density at radius 2 is 1.69 bits per heavy atom. The van der Waals surface area contributed by atoms with Crippen LogP contribution >= 0.6 is 11.6 Å². The Morgan fingerprint density at radius 3 is 2.42 bits per heavy atom. The van der Waals surface area contributed by atoms with Gasteiger partial charge in [-0.1, -0.05) is 48.0 Å². The first-order valence-electron chi connectivity index (χ1n) is 11.5. The molecule has 2 atom stereocenters. The van der Waals surface area contributed by atoms with Gasteiger partial charge < -0.3 is 19.9 Å². The van der Waals surface area contributed by atoms with E-state index in [1.807, 2.05) is 0 Å². The summed E-state index contributed by atoms with van der Waals surface area (Å²) < 4.78 is 10.1. The maximum absolute atomic E-state index is 13.2. The van der Waals surface area contributed by atoms with Crippen LogP contribution in [0.15, 0.2) is 66.9 Å². The maximum Gasteiger partial charge on any atom is 0.338 e. The normalized spacial score (nSPS) is 12.3. The number of amides is 1. The Balaban J connectivity index is 1.89. The molecule has 0 radical (unpaired) electrons. The van der Waals surface area contributed by atoms with E-state index in [0.717, 1.165) is 0 Å². The molecular formula is C27H27ClN2O6. The highest BCUT2D eigenvalue weighted by molar-refractivity contribution is 6.31. The number of nitrogens with zero attached hydrogens (tertiary/aromatic N) is 1. The number of hydrogen-bond donors (Lipinski definition) is 2. The summed E-state index contributed by atoms with van der Waals surface area (Å²) in [5.41, 5.74) is 2.18. The van der Waals surface area contributed by atoms with E-state index in [1.54, 1.807) is 68.4 Å². The number of pyridine rings is 1. The molecule has 1 amide bonds. The lowest BCUT2D eigenvalue weighted by Crippen LogP contribution is -2.49. The number of aliphatic hydroxyl groups excluding tert-OH is 1. The highest BCUT2D eigenvalue weighted by atomic mass is 35.5. The zero-order chi connectivity index (χ0) is 26.1. The topological polar surface area (TPSA) is 115 Å². The molecule has 0 aliphatic carbocycles. The molecule has 1 heterocycles. The zero-order valence-corrected chi connectivity index (χ0v) is 20.7. The van der Waals surface area contributed by atoms with Crippen LogP contribution in [-0.2, 0) is 20.7 Å². The van der Waals surface area contributed by atoms with Crippen LogP contribution in [0.1, 0.15) is 40.3 Å². The van der Waals surface area contributed by atoms with Gasteiger partial charge in [-0.15, -0.1) is 0 Å². The van der Waals surface area contributed by atoms with Gasteiger partial charge in [-0.2, -0.15) is 0 Å². The van der Waals surface area contributed by atoms with E-state index in [2.05, 4.69) is 10.3 Å². The van der Waals surface area contributed by atoms with Crippen LogP contribution in [0.5, 0.6) is 0 Å². The summed E-state index contributed by atoms with van der Waals surface area (Å²) in [7, 11) is 0. The van der Waals surface area contributed by atoms with E-state index < -0.39 is 30.0 Å². The Kier molecular flexibility index (Phi) is 9.55. The Labute approximate surface area is 214 Å². The molecule has 3 aromatic rings. The first-order valence-corrected chi connectivity index (χ1v) is 11.8. The Hall–Kier alpha value is -3.75. The van der Waals surface area contributed by atoms with Gasteiger partial charge in [0.15, 0.2) is 6.10 Å². The maximum atomic E-state index is 13.2. The number of esters is 2. The molecule has 0 aliphatic rings. The van der Waals surface area contributed by atoms with Gasteiger partial charge >= 0.3 is 11.9 Å². The van der Waals surface area contributed by atoms with Gasteiger partial charge in [0.25, 0.3) is 5.91 Å². The number of hydrogen-bond acceptors (Lipinski definition) is 7. The molecule has 36 heavy (non-hydrogen) atoms. The number of carbonyl (C=O) groups is 3. The van der Waals surface area contributed by atoms with Gasteiger partial charge in [-0.25, -0.2) is 9.59 Å².